The zero-order valence-electron chi connectivity index (χ0n) is 16.7. The molecule has 0 spiro atoms. The minimum Gasteiger partial charge on any atom is -0.494 e. The largest absolute Gasteiger partial charge is 0.494 e. The predicted octanol–water partition coefficient (Wildman–Crippen LogP) is 7.55. The van der Waals surface area contributed by atoms with Crippen molar-refractivity contribution in [3.8, 4) is 16.2 Å². The van der Waals surface area contributed by atoms with Crippen molar-refractivity contribution in [1.29, 1.82) is 0 Å². The van der Waals surface area contributed by atoms with E-state index in [2.05, 4.69) is 6.92 Å². The molecule has 0 aliphatic rings. The van der Waals surface area contributed by atoms with Crippen molar-refractivity contribution < 1.29 is 19.0 Å². The Morgan fingerprint density at radius 3 is 2.07 bits per heavy atom. The third-order valence-electron chi connectivity index (χ3n) is 4.78. The Morgan fingerprint density at radius 2 is 1.54 bits per heavy atom. The Labute approximate surface area is 171 Å². The lowest BCUT2D eigenvalue weighted by Crippen LogP contribution is -1.97. The van der Waals surface area contributed by atoms with E-state index in [-0.39, 0.29) is 4.88 Å². The van der Waals surface area contributed by atoms with Crippen LogP contribution in [0, 0.1) is 5.82 Å². The number of unbranched alkanes of at least 4 members (excludes halogenated alkanes) is 9. The molecule has 0 aliphatic heterocycles. The van der Waals surface area contributed by atoms with Gasteiger partial charge in [0.15, 0.2) is 0 Å². The highest BCUT2D eigenvalue weighted by Crippen LogP contribution is 2.32. The van der Waals surface area contributed by atoms with Gasteiger partial charge in [0.1, 0.15) is 16.4 Å². The Balaban J connectivity index is 1.62. The summed E-state index contributed by atoms with van der Waals surface area (Å²) in [5, 5.41) is 8.97. The van der Waals surface area contributed by atoms with Crippen molar-refractivity contribution in [2.24, 2.45) is 0 Å². The second kappa shape index (κ2) is 12.6. The maximum absolute atomic E-state index is 13.9. The van der Waals surface area contributed by atoms with Crippen LogP contribution in [-0.4, -0.2) is 17.7 Å². The minimum absolute atomic E-state index is 0.00814. The lowest BCUT2D eigenvalue weighted by atomic mass is 10.1. The molecule has 3 nitrogen and oxygen atoms in total. The molecular weight excluding hydrogens is 375 g/mol. The molecule has 1 heterocycles. The molecule has 154 valence electrons. The van der Waals surface area contributed by atoms with Gasteiger partial charge in [-0.2, -0.15) is 0 Å². The molecule has 2 aromatic rings. The zero-order chi connectivity index (χ0) is 20.2. The van der Waals surface area contributed by atoms with E-state index in [9.17, 15) is 9.18 Å². The van der Waals surface area contributed by atoms with E-state index in [0.29, 0.717) is 17.0 Å². The van der Waals surface area contributed by atoms with Crippen molar-refractivity contribution in [3.63, 3.8) is 0 Å². The first-order valence-corrected chi connectivity index (χ1v) is 11.2. The summed E-state index contributed by atoms with van der Waals surface area (Å²) in [4.78, 5) is 11.3. The Bertz CT molecular complexity index is 709. The second-order valence-electron chi connectivity index (χ2n) is 7.15. The molecule has 0 unspecified atom stereocenters. The molecule has 5 heteroatoms. The minimum atomic E-state index is -1.11. The number of rotatable bonds is 14. The van der Waals surface area contributed by atoms with Crippen molar-refractivity contribution >= 4 is 17.3 Å². The van der Waals surface area contributed by atoms with E-state index in [4.69, 9.17) is 9.84 Å². The number of carboxylic acid groups (broad SMARTS) is 1. The van der Waals surface area contributed by atoms with Gasteiger partial charge in [0, 0.05) is 0 Å². The quantitative estimate of drug-likeness (QED) is 0.329. The lowest BCUT2D eigenvalue weighted by molar-refractivity contribution is 0.0702. The van der Waals surface area contributed by atoms with Gasteiger partial charge in [0.05, 0.1) is 11.5 Å². The molecular formula is C23H31FO3S. The molecule has 1 aromatic carbocycles. The number of benzene rings is 1. The smallest absolute Gasteiger partial charge is 0.345 e. The van der Waals surface area contributed by atoms with Gasteiger partial charge < -0.3 is 9.84 Å². The van der Waals surface area contributed by atoms with Crippen molar-refractivity contribution in [1.82, 2.24) is 0 Å². The van der Waals surface area contributed by atoms with Crippen LogP contribution in [0.15, 0.2) is 30.3 Å². The Hall–Kier alpha value is -1.88. The standard InChI is InChI=1S/C23H31FO3S/c1-2-3-4-5-6-7-8-9-10-11-16-27-19-14-12-18(13-15-19)22-20(24)17-21(28-22)23(25)26/h12-15,17H,2-11,16H2,1H3,(H,25,26). The van der Waals surface area contributed by atoms with Gasteiger partial charge >= 0.3 is 5.97 Å². The lowest BCUT2D eigenvalue weighted by Gasteiger charge is -2.07. The maximum Gasteiger partial charge on any atom is 0.345 e. The third kappa shape index (κ3) is 7.63. The summed E-state index contributed by atoms with van der Waals surface area (Å²) in [5.41, 5.74) is 0.668. The van der Waals surface area contributed by atoms with E-state index >= 15 is 0 Å². The predicted molar refractivity (Wildman–Crippen MR) is 114 cm³/mol. The SMILES string of the molecule is CCCCCCCCCCCCOc1ccc(-c2sc(C(=O)O)cc2F)cc1. The fourth-order valence-electron chi connectivity index (χ4n) is 3.15. The highest BCUT2D eigenvalue weighted by atomic mass is 32.1. The van der Waals surface area contributed by atoms with Crippen LogP contribution in [0.3, 0.4) is 0 Å². The first-order chi connectivity index (χ1) is 13.6. The number of hydrogen-bond donors (Lipinski definition) is 1. The number of ether oxygens (including phenoxy) is 1. The normalized spacial score (nSPS) is 10.9. The molecule has 0 radical (unpaired) electrons. The van der Waals surface area contributed by atoms with Crippen LogP contribution in [0.25, 0.3) is 10.4 Å². The van der Waals surface area contributed by atoms with Crippen molar-refractivity contribution in [2.75, 3.05) is 6.61 Å². The summed E-state index contributed by atoms with van der Waals surface area (Å²) in [6, 6.07) is 8.23. The summed E-state index contributed by atoms with van der Waals surface area (Å²) < 4.78 is 19.7. The van der Waals surface area contributed by atoms with E-state index in [1.54, 1.807) is 12.1 Å². The highest BCUT2D eigenvalue weighted by molar-refractivity contribution is 7.17. The summed E-state index contributed by atoms with van der Waals surface area (Å²) in [7, 11) is 0. The van der Waals surface area contributed by atoms with Crippen LogP contribution >= 0.6 is 11.3 Å². The number of carbonyl (C=O) groups is 1. The van der Waals surface area contributed by atoms with Gasteiger partial charge in [0.2, 0.25) is 0 Å². The summed E-state index contributed by atoms with van der Waals surface area (Å²) in [5.74, 6) is -0.844. The number of hydrogen-bond acceptors (Lipinski definition) is 3. The molecule has 0 atom stereocenters. The average molecular weight is 407 g/mol. The van der Waals surface area contributed by atoms with E-state index in [1.165, 1.54) is 57.8 Å². The van der Waals surface area contributed by atoms with Gasteiger partial charge in [0.25, 0.3) is 0 Å². The third-order valence-corrected chi connectivity index (χ3v) is 5.93. The number of thiophene rings is 1. The first-order valence-electron chi connectivity index (χ1n) is 10.4. The Morgan fingerprint density at radius 1 is 0.964 bits per heavy atom. The van der Waals surface area contributed by atoms with Gasteiger partial charge in [-0.15, -0.1) is 11.3 Å². The molecule has 1 N–H and O–H groups in total. The van der Waals surface area contributed by atoms with Crippen LogP contribution in [0.4, 0.5) is 4.39 Å². The summed E-state index contributed by atoms with van der Waals surface area (Å²) in [6.07, 6.45) is 12.9. The number of carboxylic acids is 1. The molecule has 0 aliphatic carbocycles. The molecule has 0 amide bonds. The van der Waals surface area contributed by atoms with Gasteiger partial charge in [-0.05, 0) is 42.3 Å². The van der Waals surface area contributed by atoms with Crippen LogP contribution < -0.4 is 4.74 Å². The van der Waals surface area contributed by atoms with Crippen LogP contribution in [0.2, 0.25) is 0 Å². The van der Waals surface area contributed by atoms with E-state index in [0.717, 1.165) is 29.6 Å². The van der Waals surface area contributed by atoms with Crippen molar-refractivity contribution in [2.45, 2.75) is 71.1 Å². The van der Waals surface area contributed by atoms with E-state index in [1.807, 2.05) is 12.1 Å². The monoisotopic (exact) mass is 406 g/mol. The average Bonchev–Trinajstić information content (AvgIpc) is 3.09. The molecule has 0 bridgehead atoms. The van der Waals surface area contributed by atoms with Gasteiger partial charge in [-0.25, -0.2) is 9.18 Å². The second-order valence-corrected chi connectivity index (χ2v) is 8.20. The summed E-state index contributed by atoms with van der Waals surface area (Å²) >= 11 is 0.947. The Kier molecular flexibility index (Phi) is 10.0. The van der Waals surface area contributed by atoms with Crippen LogP contribution in [-0.2, 0) is 0 Å². The topological polar surface area (TPSA) is 46.5 Å². The number of aromatic carboxylic acids is 1. The molecule has 1 aromatic heterocycles. The fraction of sp³-hybridized carbons (Fsp3) is 0.522. The van der Waals surface area contributed by atoms with Crippen LogP contribution in [0.5, 0.6) is 5.75 Å². The first kappa shape index (κ1) is 22.4. The van der Waals surface area contributed by atoms with Crippen molar-refractivity contribution in [3.05, 3.63) is 41.0 Å². The zero-order valence-corrected chi connectivity index (χ0v) is 17.5. The van der Waals surface area contributed by atoms with Gasteiger partial charge in [-0.3, -0.25) is 0 Å². The maximum atomic E-state index is 13.9. The fourth-order valence-corrected chi connectivity index (χ4v) is 4.03. The molecule has 2 rings (SSSR count). The van der Waals surface area contributed by atoms with Gasteiger partial charge in [-0.1, -0.05) is 64.7 Å². The molecule has 0 saturated carbocycles. The highest BCUT2D eigenvalue weighted by Gasteiger charge is 2.15. The summed E-state index contributed by atoms with van der Waals surface area (Å²) in [6.45, 7) is 2.93. The molecule has 0 fully saturated rings. The molecule has 0 saturated heterocycles. The molecule has 28 heavy (non-hydrogen) atoms. The number of halogens is 1. The van der Waals surface area contributed by atoms with E-state index < -0.39 is 11.8 Å². The van der Waals surface area contributed by atoms with Crippen LogP contribution in [0.1, 0.15) is 80.8 Å².